The number of aliphatic imine (C=N–C) groups is 1. The van der Waals surface area contributed by atoms with E-state index >= 15 is 0 Å². The summed E-state index contributed by atoms with van der Waals surface area (Å²) >= 11 is 6.31. The lowest BCUT2D eigenvalue weighted by Gasteiger charge is -2.27. The summed E-state index contributed by atoms with van der Waals surface area (Å²) in [5.74, 6) is 0.395. The van der Waals surface area contributed by atoms with E-state index < -0.39 is 35.3 Å². The maximum absolute atomic E-state index is 12.6. The molecule has 1 unspecified atom stereocenters. The van der Waals surface area contributed by atoms with Gasteiger partial charge in [-0.25, -0.2) is 14.6 Å². The number of rotatable bonds is 4. The first kappa shape index (κ1) is 22.0. The normalized spacial score (nSPS) is 22.7. The van der Waals surface area contributed by atoms with Gasteiger partial charge >= 0.3 is 12.1 Å². The first-order valence-electron chi connectivity index (χ1n) is 9.51. The molecule has 9 nitrogen and oxygen atoms in total. The summed E-state index contributed by atoms with van der Waals surface area (Å²) in [6.07, 6.45) is 0.715. The first-order chi connectivity index (χ1) is 14.1. The summed E-state index contributed by atoms with van der Waals surface area (Å²) in [5, 5.41) is 2.92. The number of amides is 1. The van der Waals surface area contributed by atoms with Gasteiger partial charge in [-0.05, 0) is 26.8 Å². The predicted octanol–water partition coefficient (Wildman–Crippen LogP) is 3.13. The van der Waals surface area contributed by atoms with Gasteiger partial charge in [0.2, 0.25) is 0 Å². The van der Waals surface area contributed by atoms with E-state index in [-0.39, 0.29) is 13.0 Å². The number of hydrogen-bond acceptors (Lipinski definition) is 8. The van der Waals surface area contributed by atoms with Crippen LogP contribution in [0.4, 0.5) is 10.5 Å². The molecule has 1 aromatic carbocycles. The van der Waals surface area contributed by atoms with E-state index in [1.807, 2.05) is 0 Å². The van der Waals surface area contributed by atoms with Crippen LogP contribution in [0.25, 0.3) is 0 Å². The number of likely N-dealkylation sites (tertiary alicyclic amines) is 1. The summed E-state index contributed by atoms with van der Waals surface area (Å²) < 4.78 is 21.9. The maximum Gasteiger partial charge on any atom is 0.411 e. The Morgan fingerprint density at radius 3 is 2.60 bits per heavy atom. The number of ether oxygens (including phenoxy) is 4. The lowest BCUT2D eigenvalue weighted by atomic mass is 10.1. The summed E-state index contributed by atoms with van der Waals surface area (Å²) in [4.78, 5) is 30.5. The molecule has 164 valence electrons. The second-order valence-electron chi connectivity index (χ2n) is 8.00. The number of methoxy groups -OCH3 is 2. The molecule has 2 aliphatic heterocycles. The van der Waals surface area contributed by atoms with E-state index in [2.05, 4.69) is 10.3 Å². The van der Waals surface area contributed by atoms with Crippen LogP contribution < -0.4 is 14.8 Å². The van der Waals surface area contributed by atoms with Gasteiger partial charge in [-0.1, -0.05) is 11.6 Å². The molecular formula is C20H26ClN3O6. The zero-order chi connectivity index (χ0) is 22.1. The molecule has 10 heteroatoms. The van der Waals surface area contributed by atoms with Crippen molar-refractivity contribution in [1.82, 2.24) is 10.2 Å². The SMILES string of the molecule is COC(=O)[C@H]1C[C@H](Oc2cc3c(cc2OC)N=CNC3Cl)CN1C(=O)OC(C)(C)C. The molecule has 3 atom stereocenters. The van der Waals surface area contributed by atoms with Gasteiger partial charge in [-0.3, -0.25) is 4.90 Å². The number of alkyl halides is 1. The Kier molecular flexibility index (Phi) is 6.30. The molecule has 30 heavy (non-hydrogen) atoms. The number of carbonyl (C=O) groups is 2. The Balaban J connectivity index is 1.83. The van der Waals surface area contributed by atoms with E-state index in [1.165, 1.54) is 25.5 Å². The van der Waals surface area contributed by atoms with E-state index in [4.69, 9.17) is 30.5 Å². The van der Waals surface area contributed by atoms with Crippen molar-refractivity contribution in [2.24, 2.45) is 4.99 Å². The molecule has 0 spiro atoms. The Morgan fingerprint density at radius 1 is 1.23 bits per heavy atom. The van der Waals surface area contributed by atoms with Crippen molar-refractivity contribution in [2.45, 2.75) is 50.4 Å². The molecular weight excluding hydrogens is 414 g/mol. The predicted molar refractivity (Wildman–Crippen MR) is 111 cm³/mol. The molecule has 1 saturated heterocycles. The number of nitrogens with one attached hydrogen (secondary N) is 1. The monoisotopic (exact) mass is 439 g/mol. The van der Waals surface area contributed by atoms with Crippen LogP contribution >= 0.6 is 11.6 Å². The van der Waals surface area contributed by atoms with E-state index in [0.717, 1.165) is 5.56 Å². The second kappa shape index (κ2) is 8.59. The van der Waals surface area contributed by atoms with Crippen molar-refractivity contribution >= 4 is 35.7 Å². The van der Waals surface area contributed by atoms with Crippen molar-refractivity contribution < 1.29 is 28.5 Å². The van der Waals surface area contributed by atoms with E-state index in [9.17, 15) is 9.59 Å². The second-order valence-corrected chi connectivity index (χ2v) is 8.43. The average Bonchev–Trinajstić information content (AvgIpc) is 3.10. The molecule has 2 heterocycles. The molecule has 0 aromatic heterocycles. The van der Waals surface area contributed by atoms with Gasteiger partial charge in [-0.15, -0.1) is 0 Å². The molecule has 3 rings (SSSR count). The standard InChI is InChI=1S/C20H26ClN3O6/c1-20(2,3)30-19(26)24-9-11(6-14(24)18(25)28-5)29-16-7-12-13(8-15(16)27-4)22-10-23-17(12)21/h7-8,10-11,14,17H,6,9H2,1-5H3,(H,22,23)/t11-,14+,17?/m0/s1. The third-order valence-electron chi connectivity index (χ3n) is 4.67. The van der Waals surface area contributed by atoms with Crippen molar-refractivity contribution in [1.29, 1.82) is 0 Å². The number of carbonyl (C=O) groups excluding carboxylic acids is 2. The lowest BCUT2D eigenvalue weighted by molar-refractivity contribution is -0.145. The van der Waals surface area contributed by atoms with Crippen LogP contribution in [0, 0.1) is 0 Å². The van der Waals surface area contributed by atoms with Crippen LogP contribution in [0.3, 0.4) is 0 Å². The van der Waals surface area contributed by atoms with Gasteiger partial charge in [0.05, 0.1) is 32.8 Å². The highest BCUT2D eigenvalue weighted by atomic mass is 35.5. The fraction of sp³-hybridized carbons (Fsp3) is 0.550. The minimum Gasteiger partial charge on any atom is -0.493 e. The minimum atomic E-state index is -0.800. The zero-order valence-corrected chi connectivity index (χ0v) is 18.4. The third-order valence-corrected chi connectivity index (χ3v) is 5.03. The fourth-order valence-corrected chi connectivity index (χ4v) is 3.57. The number of benzene rings is 1. The first-order valence-corrected chi connectivity index (χ1v) is 9.95. The Bertz CT molecular complexity index is 854. The molecule has 0 aliphatic carbocycles. The van der Waals surface area contributed by atoms with Gasteiger partial charge < -0.3 is 24.3 Å². The van der Waals surface area contributed by atoms with Crippen LogP contribution in [-0.2, 0) is 14.3 Å². The number of fused-ring (bicyclic) bond motifs is 1. The largest absolute Gasteiger partial charge is 0.493 e. The van der Waals surface area contributed by atoms with E-state index in [1.54, 1.807) is 32.9 Å². The Morgan fingerprint density at radius 2 is 1.97 bits per heavy atom. The molecule has 2 aliphatic rings. The lowest BCUT2D eigenvalue weighted by Crippen LogP contribution is -2.44. The highest BCUT2D eigenvalue weighted by Gasteiger charge is 2.43. The zero-order valence-electron chi connectivity index (χ0n) is 17.6. The average molecular weight is 440 g/mol. The van der Waals surface area contributed by atoms with E-state index in [0.29, 0.717) is 17.2 Å². The molecule has 1 N–H and O–H groups in total. The van der Waals surface area contributed by atoms with Gasteiger partial charge in [0.15, 0.2) is 11.5 Å². The summed E-state index contributed by atoms with van der Waals surface area (Å²) in [5.41, 5.74) is 0.255. The third kappa shape index (κ3) is 4.72. The number of esters is 1. The molecule has 1 fully saturated rings. The molecule has 0 radical (unpaired) electrons. The molecule has 0 saturated carbocycles. The van der Waals surface area contributed by atoms with Crippen LogP contribution in [0.15, 0.2) is 17.1 Å². The van der Waals surface area contributed by atoms with Crippen LogP contribution in [0.1, 0.15) is 38.3 Å². The summed E-state index contributed by atoms with van der Waals surface area (Å²) in [6.45, 7) is 5.45. The van der Waals surface area contributed by atoms with Crippen molar-refractivity contribution in [2.75, 3.05) is 20.8 Å². The number of hydrogen-bond donors (Lipinski definition) is 1. The van der Waals surface area contributed by atoms with Crippen LogP contribution in [-0.4, -0.2) is 61.8 Å². The highest BCUT2D eigenvalue weighted by molar-refractivity contribution is 6.22. The van der Waals surface area contributed by atoms with Gasteiger partial charge in [0, 0.05) is 18.1 Å². The Hall–Kier alpha value is -2.68. The van der Waals surface area contributed by atoms with Gasteiger partial charge in [0.1, 0.15) is 23.2 Å². The molecule has 1 aromatic rings. The van der Waals surface area contributed by atoms with Crippen LogP contribution in [0.5, 0.6) is 11.5 Å². The summed E-state index contributed by atoms with van der Waals surface area (Å²) in [6, 6.07) is 2.68. The van der Waals surface area contributed by atoms with Crippen LogP contribution in [0.2, 0.25) is 0 Å². The molecule has 1 amide bonds. The highest BCUT2D eigenvalue weighted by Crippen LogP contribution is 2.41. The van der Waals surface area contributed by atoms with Gasteiger partial charge in [-0.2, -0.15) is 0 Å². The summed E-state index contributed by atoms with van der Waals surface area (Å²) in [7, 11) is 2.81. The quantitative estimate of drug-likeness (QED) is 0.437. The minimum absolute atomic E-state index is 0.162. The Labute approximate surface area is 180 Å². The number of nitrogens with zero attached hydrogens (tertiary/aromatic N) is 2. The van der Waals surface area contributed by atoms with Crippen molar-refractivity contribution in [3.05, 3.63) is 17.7 Å². The van der Waals surface area contributed by atoms with Crippen molar-refractivity contribution in [3.8, 4) is 11.5 Å². The smallest absolute Gasteiger partial charge is 0.411 e. The topological polar surface area (TPSA) is 98.7 Å². The van der Waals surface area contributed by atoms with Crippen molar-refractivity contribution in [3.63, 3.8) is 0 Å². The molecule has 0 bridgehead atoms. The maximum atomic E-state index is 12.6. The number of halogens is 1. The van der Waals surface area contributed by atoms with Gasteiger partial charge in [0.25, 0.3) is 0 Å². The fourth-order valence-electron chi connectivity index (χ4n) is 3.34.